The lowest BCUT2D eigenvalue weighted by molar-refractivity contribution is 0.457. The Morgan fingerprint density at radius 2 is 1.46 bits per heavy atom. The van der Waals surface area contributed by atoms with Crippen molar-refractivity contribution in [1.82, 2.24) is 4.98 Å². The summed E-state index contributed by atoms with van der Waals surface area (Å²) in [5, 5.41) is 0.0340. The Kier molecular flexibility index (Phi) is 3.62. The van der Waals surface area contributed by atoms with Crippen LogP contribution < -0.4 is 0 Å². The summed E-state index contributed by atoms with van der Waals surface area (Å²) in [5.41, 5.74) is 0.147. The number of aromatic nitrogens is 1. The smallest absolute Gasteiger partial charge is 0.321 e. The summed E-state index contributed by atoms with van der Waals surface area (Å²) in [7, 11) is -8.54. The van der Waals surface area contributed by atoms with Crippen LogP contribution in [0.25, 0.3) is 21.9 Å². The highest BCUT2D eigenvalue weighted by molar-refractivity contribution is 7.91. The highest BCUT2D eigenvalue weighted by atomic mass is 32.2. The van der Waals surface area contributed by atoms with Crippen LogP contribution in [0.2, 0.25) is 0 Å². The predicted molar refractivity (Wildman–Crippen MR) is 93.2 cm³/mol. The lowest BCUT2D eigenvalue weighted by atomic mass is 10.1. The Balaban J connectivity index is 2.07. The van der Waals surface area contributed by atoms with E-state index in [0.29, 0.717) is 5.39 Å². The summed E-state index contributed by atoms with van der Waals surface area (Å²) in [6.45, 7) is 0. The van der Waals surface area contributed by atoms with Gasteiger partial charge in [-0.05, 0) is 12.1 Å². The first kappa shape index (κ1) is 16.7. The summed E-state index contributed by atoms with van der Waals surface area (Å²) in [6.07, 6.45) is 0. The fourth-order valence-corrected chi connectivity index (χ4v) is 4.57. The van der Waals surface area contributed by atoms with E-state index in [9.17, 15) is 21.4 Å². The third kappa shape index (κ3) is 2.57. The first-order chi connectivity index (χ1) is 12.3. The Morgan fingerprint density at radius 3 is 2.12 bits per heavy atom. The molecule has 7 nitrogen and oxygen atoms in total. The van der Waals surface area contributed by atoms with Gasteiger partial charge in [-0.2, -0.15) is 13.4 Å². The van der Waals surface area contributed by atoms with Crippen LogP contribution in [0, 0.1) is 0 Å². The van der Waals surface area contributed by atoms with Gasteiger partial charge in [0.2, 0.25) is 0 Å². The first-order valence-electron chi connectivity index (χ1n) is 7.38. The molecule has 0 saturated carbocycles. The van der Waals surface area contributed by atoms with Gasteiger partial charge in [0.15, 0.2) is 5.58 Å². The molecule has 3 aromatic carbocycles. The monoisotopic (exact) mass is 389 g/mol. The Hall–Kier alpha value is -2.75. The molecule has 0 aliphatic carbocycles. The van der Waals surface area contributed by atoms with Gasteiger partial charge < -0.3 is 4.42 Å². The van der Waals surface area contributed by atoms with Crippen molar-refractivity contribution in [2.24, 2.45) is 0 Å². The topological polar surface area (TPSA) is 115 Å². The van der Waals surface area contributed by atoms with Crippen molar-refractivity contribution in [2.45, 2.75) is 15.0 Å². The van der Waals surface area contributed by atoms with Gasteiger partial charge in [0.25, 0.3) is 20.0 Å². The van der Waals surface area contributed by atoms with Crippen molar-refractivity contribution in [2.75, 3.05) is 0 Å². The summed E-state index contributed by atoms with van der Waals surface area (Å²) in [4.78, 5) is 3.71. The summed E-state index contributed by atoms with van der Waals surface area (Å²) >= 11 is 0. The Bertz CT molecular complexity index is 1360. The molecule has 0 aliphatic rings. The normalized spacial score (nSPS) is 12.7. The lowest BCUT2D eigenvalue weighted by Gasteiger charge is -2.03. The van der Waals surface area contributed by atoms with Crippen molar-refractivity contribution in [3.8, 4) is 0 Å². The number of oxazole rings is 1. The van der Waals surface area contributed by atoms with Crippen LogP contribution in [0.1, 0.15) is 0 Å². The van der Waals surface area contributed by atoms with E-state index in [4.69, 9.17) is 4.42 Å². The van der Waals surface area contributed by atoms with Gasteiger partial charge in [-0.15, -0.1) is 0 Å². The van der Waals surface area contributed by atoms with Crippen LogP contribution >= 0.6 is 0 Å². The van der Waals surface area contributed by atoms with E-state index in [1.165, 1.54) is 18.2 Å². The summed E-state index contributed by atoms with van der Waals surface area (Å²) in [5.74, 6) is 0. The van der Waals surface area contributed by atoms with Crippen LogP contribution in [0.15, 0.2) is 80.1 Å². The molecule has 1 aromatic heterocycles. The van der Waals surface area contributed by atoms with Crippen LogP contribution in [0.4, 0.5) is 0 Å². The Morgan fingerprint density at radius 1 is 0.846 bits per heavy atom. The quantitative estimate of drug-likeness (QED) is 0.536. The van der Waals surface area contributed by atoms with Gasteiger partial charge in [-0.25, -0.2) is 8.42 Å². The largest absolute Gasteiger partial charge is 0.428 e. The molecule has 1 N–H and O–H groups in total. The molecular formula is C17H11NO6S2. The molecule has 0 atom stereocenters. The molecule has 132 valence electrons. The molecule has 26 heavy (non-hydrogen) atoms. The van der Waals surface area contributed by atoms with E-state index in [1.54, 1.807) is 36.4 Å². The van der Waals surface area contributed by atoms with Crippen LogP contribution in [-0.4, -0.2) is 26.4 Å². The molecule has 0 radical (unpaired) electrons. The van der Waals surface area contributed by atoms with Crippen LogP contribution in [0.5, 0.6) is 0 Å². The average Bonchev–Trinajstić information content (AvgIpc) is 3.06. The predicted octanol–water partition coefficient (Wildman–Crippen LogP) is 3.06. The number of benzene rings is 3. The van der Waals surface area contributed by atoms with Crippen LogP contribution in [0.3, 0.4) is 0 Å². The first-order valence-corrected chi connectivity index (χ1v) is 10.3. The Labute approximate surface area is 148 Å². The molecule has 0 amide bonds. The van der Waals surface area contributed by atoms with Gasteiger partial charge in [0.05, 0.1) is 4.90 Å². The zero-order valence-electron chi connectivity index (χ0n) is 13.0. The van der Waals surface area contributed by atoms with E-state index in [-0.39, 0.29) is 26.3 Å². The minimum atomic E-state index is -4.54. The zero-order chi connectivity index (χ0) is 18.5. The van der Waals surface area contributed by atoms with Crippen molar-refractivity contribution in [1.29, 1.82) is 0 Å². The molecular weight excluding hydrogens is 378 g/mol. The van der Waals surface area contributed by atoms with E-state index in [2.05, 4.69) is 4.98 Å². The van der Waals surface area contributed by atoms with Crippen molar-refractivity contribution in [3.05, 3.63) is 60.7 Å². The van der Waals surface area contributed by atoms with E-state index in [1.807, 2.05) is 0 Å². The number of nitrogens with zero attached hydrogens (tertiary/aromatic N) is 1. The molecule has 0 fully saturated rings. The SMILES string of the molecule is O=S(=O)(O)c1cc2oc(S(=O)(=O)c3ccccc3)nc2c2ccccc12. The highest BCUT2D eigenvalue weighted by Gasteiger charge is 2.26. The fourth-order valence-electron chi connectivity index (χ4n) is 2.73. The van der Waals surface area contributed by atoms with E-state index < -0.39 is 25.2 Å². The zero-order valence-corrected chi connectivity index (χ0v) is 14.7. The summed E-state index contributed by atoms with van der Waals surface area (Å²) < 4.78 is 63.6. The highest BCUT2D eigenvalue weighted by Crippen LogP contribution is 2.33. The maximum absolute atomic E-state index is 12.7. The molecule has 0 saturated heterocycles. The fraction of sp³-hybridized carbons (Fsp3) is 0. The van der Waals surface area contributed by atoms with Crippen molar-refractivity contribution in [3.63, 3.8) is 0 Å². The van der Waals surface area contributed by atoms with Gasteiger partial charge in [-0.1, -0.05) is 42.5 Å². The van der Waals surface area contributed by atoms with Gasteiger partial charge in [0, 0.05) is 16.8 Å². The molecule has 4 aromatic rings. The molecule has 9 heteroatoms. The second-order valence-electron chi connectivity index (χ2n) is 5.54. The van der Waals surface area contributed by atoms with Crippen molar-refractivity contribution >= 4 is 41.8 Å². The summed E-state index contributed by atoms with van der Waals surface area (Å²) in [6, 6.07) is 15.0. The maximum atomic E-state index is 12.7. The van der Waals surface area contributed by atoms with Crippen LogP contribution in [-0.2, 0) is 20.0 Å². The van der Waals surface area contributed by atoms with E-state index in [0.717, 1.165) is 6.07 Å². The number of fused-ring (bicyclic) bond motifs is 3. The molecule has 4 rings (SSSR count). The second-order valence-corrected chi connectivity index (χ2v) is 8.76. The number of hydrogen-bond donors (Lipinski definition) is 1. The maximum Gasteiger partial charge on any atom is 0.321 e. The van der Waals surface area contributed by atoms with Gasteiger partial charge in [-0.3, -0.25) is 4.55 Å². The second kappa shape index (κ2) is 5.63. The molecule has 1 heterocycles. The standard InChI is InChI=1S/C17H11NO6S2/c19-25(20,11-6-2-1-3-7-11)17-18-16-13-9-5-4-8-12(13)15(26(21,22)23)10-14(16)24-17/h1-10H,(H,21,22,23). The van der Waals surface area contributed by atoms with Gasteiger partial charge in [0.1, 0.15) is 10.4 Å². The minimum Gasteiger partial charge on any atom is -0.428 e. The number of hydrogen-bond acceptors (Lipinski definition) is 6. The average molecular weight is 389 g/mol. The lowest BCUT2D eigenvalue weighted by Crippen LogP contribution is -2.01. The van der Waals surface area contributed by atoms with E-state index >= 15 is 0 Å². The molecule has 0 spiro atoms. The third-order valence-electron chi connectivity index (χ3n) is 3.90. The van der Waals surface area contributed by atoms with Gasteiger partial charge >= 0.3 is 5.22 Å². The third-order valence-corrected chi connectivity index (χ3v) is 6.33. The molecule has 0 aliphatic heterocycles. The molecule has 0 bridgehead atoms. The number of rotatable bonds is 3. The number of sulfone groups is 1. The minimum absolute atomic E-state index is 0.00543. The molecule has 0 unspecified atom stereocenters. The van der Waals surface area contributed by atoms with Crippen molar-refractivity contribution < 1.29 is 25.8 Å².